The standard InChI is InChI=1S/C13H19N3O2/c17-12-8-14-16(9-12)11-4-6-15(7-5-11)13(18)10-2-1-3-10/h8-11,17H,1-7H2. The van der Waals surface area contributed by atoms with Gasteiger partial charge in [0.2, 0.25) is 5.91 Å². The Morgan fingerprint density at radius 1 is 1.28 bits per heavy atom. The van der Waals surface area contributed by atoms with Crippen molar-refractivity contribution in [1.82, 2.24) is 14.7 Å². The highest BCUT2D eigenvalue weighted by molar-refractivity contribution is 5.79. The third-order valence-electron chi connectivity index (χ3n) is 4.19. The summed E-state index contributed by atoms with van der Waals surface area (Å²) in [5.41, 5.74) is 0. The zero-order valence-corrected chi connectivity index (χ0v) is 10.5. The molecule has 0 aromatic carbocycles. The molecule has 18 heavy (non-hydrogen) atoms. The molecule has 0 bridgehead atoms. The number of carbonyl (C=O) groups is 1. The molecule has 1 aromatic rings. The second-order valence-electron chi connectivity index (χ2n) is 5.36. The average Bonchev–Trinajstić information content (AvgIpc) is 2.74. The van der Waals surface area contributed by atoms with Crippen molar-refractivity contribution in [1.29, 1.82) is 0 Å². The van der Waals surface area contributed by atoms with Gasteiger partial charge in [-0.25, -0.2) is 0 Å². The minimum atomic E-state index is 0.211. The zero-order valence-electron chi connectivity index (χ0n) is 10.5. The quantitative estimate of drug-likeness (QED) is 0.865. The van der Waals surface area contributed by atoms with Crippen molar-refractivity contribution in [3.8, 4) is 5.75 Å². The summed E-state index contributed by atoms with van der Waals surface area (Å²) >= 11 is 0. The van der Waals surface area contributed by atoms with E-state index in [0.717, 1.165) is 38.8 Å². The number of amides is 1. The number of rotatable bonds is 2. The molecule has 5 nitrogen and oxygen atoms in total. The molecule has 2 aliphatic rings. The number of carbonyl (C=O) groups excluding carboxylic acids is 1. The normalized spacial score (nSPS) is 21.9. The van der Waals surface area contributed by atoms with Gasteiger partial charge in [-0.2, -0.15) is 5.10 Å². The second-order valence-corrected chi connectivity index (χ2v) is 5.36. The van der Waals surface area contributed by atoms with Crippen LogP contribution in [0.15, 0.2) is 12.4 Å². The highest BCUT2D eigenvalue weighted by Gasteiger charge is 2.32. The maximum atomic E-state index is 12.1. The molecule has 2 fully saturated rings. The van der Waals surface area contributed by atoms with Crippen LogP contribution in [-0.2, 0) is 4.79 Å². The van der Waals surface area contributed by atoms with E-state index in [4.69, 9.17) is 0 Å². The molecule has 5 heteroatoms. The van der Waals surface area contributed by atoms with E-state index in [1.54, 1.807) is 6.20 Å². The number of aromatic nitrogens is 2. The van der Waals surface area contributed by atoms with Crippen LogP contribution in [0, 0.1) is 5.92 Å². The molecule has 98 valence electrons. The molecule has 3 rings (SSSR count). The number of likely N-dealkylation sites (tertiary alicyclic amines) is 1. The van der Waals surface area contributed by atoms with Gasteiger partial charge in [0.15, 0.2) is 5.75 Å². The van der Waals surface area contributed by atoms with Crippen LogP contribution >= 0.6 is 0 Å². The number of hydrogen-bond acceptors (Lipinski definition) is 3. The first-order chi connectivity index (χ1) is 8.74. The highest BCUT2D eigenvalue weighted by atomic mass is 16.3. The Labute approximate surface area is 106 Å². The topological polar surface area (TPSA) is 58.4 Å². The molecular formula is C13H19N3O2. The van der Waals surface area contributed by atoms with E-state index >= 15 is 0 Å². The van der Waals surface area contributed by atoms with Gasteiger partial charge in [-0.05, 0) is 25.7 Å². The monoisotopic (exact) mass is 249 g/mol. The average molecular weight is 249 g/mol. The van der Waals surface area contributed by atoms with E-state index in [1.165, 1.54) is 12.6 Å². The lowest BCUT2D eigenvalue weighted by Gasteiger charge is -2.36. The van der Waals surface area contributed by atoms with Crippen LogP contribution in [0.2, 0.25) is 0 Å². The predicted molar refractivity (Wildman–Crippen MR) is 66.1 cm³/mol. The maximum Gasteiger partial charge on any atom is 0.225 e. The van der Waals surface area contributed by atoms with Crippen LogP contribution in [0.4, 0.5) is 0 Å². The fourth-order valence-electron chi connectivity index (χ4n) is 2.79. The van der Waals surface area contributed by atoms with Gasteiger partial charge in [-0.1, -0.05) is 6.42 Å². The Morgan fingerprint density at radius 3 is 2.50 bits per heavy atom. The summed E-state index contributed by atoms with van der Waals surface area (Å²) in [5, 5.41) is 13.4. The molecule has 1 amide bonds. The summed E-state index contributed by atoms with van der Waals surface area (Å²) in [4.78, 5) is 14.1. The van der Waals surface area contributed by atoms with Gasteiger partial charge in [0, 0.05) is 19.0 Å². The molecule has 0 spiro atoms. The van der Waals surface area contributed by atoms with Crippen molar-refractivity contribution >= 4 is 5.91 Å². The van der Waals surface area contributed by atoms with Crippen LogP contribution in [0.5, 0.6) is 5.75 Å². The van der Waals surface area contributed by atoms with E-state index in [9.17, 15) is 9.90 Å². The summed E-state index contributed by atoms with van der Waals surface area (Å²) in [7, 11) is 0. The highest BCUT2D eigenvalue weighted by Crippen LogP contribution is 2.31. The molecule has 1 aliphatic heterocycles. The predicted octanol–water partition coefficient (Wildman–Crippen LogP) is 1.55. The molecule has 0 radical (unpaired) electrons. The van der Waals surface area contributed by atoms with Gasteiger partial charge in [0.05, 0.1) is 18.4 Å². The van der Waals surface area contributed by atoms with Gasteiger partial charge >= 0.3 is 0 Å². The molecule has 0 unspecified atom stereocenters. The van der Waals surface area contributed by atoms with Crippen LogP contribution in [0.3, 0.4) is 0 Å². The van der Waals surface area contributed by atoms with Gasteiger partial charge < -0.3 is 10.0 Å². The molecule has 0 atom stereocenters. The lowest BCUT2D eigenvalue weighted by Crippen LogP contribution is -2.43. The zero-order chi connectivity index (χ0) is 12.5. The molecule has 1 N–H and O–H groups in total. The third kappa shape index (κ3) is 2.09. The Morgan fingerprint density at radius 2 is 2.00 bits per heavy atom. The van der Waals surface area contributed by atoms with Crippen molar-refractivity contribution < 1.29 is 9.90 Å². The number of hydrogen-bond donors (Lipinski definition) is 1. The Balaban J connectivity index is 1.56. The van der Waals surface area contributed by atoms with Crippen molar-refractivity contribution in [2.45, 2.75) is 38.1 Å². The van der Waals surface area contributed by atoms with E-state index in [0.29, 0.717) is 17.9 Å². The first-order valence-corrected chi connectivity index (χ1v) is 6.76. The molecule has 1 aliphatic carbocycles. The molecule has 1 saturated heterocycles. The minimum absolute atomic E-state index is 0.211. The van der Waals surface area contributed by atoms with Crippen LogP contribution in [0.1, 0.15) is 38.1 Å². The Bertz CT molecular complexity index is 431. The maximum absolute atomic E-state index is 12.1. The number of aromatic hydroxyl groups is 1. The summed E-state index contributed by atoms with van der Waals surface area (Å²) in [6.45, 7) is 1.64. The molecule has 2 heterocycles. The summed E-state index contributed by atoms with van der Waals surface area (Å²) < 4.78 is 1.82. The van der Waals surface area contributed by atoms with E-state index in [-0.39, 0.29) is 5.75 Å². The van der Waals surface area contributed by atoms with E-state index in [1.807, 2.05) is 9.58 Å². The Kier molecular flexibility index (Phi) is 2.97. The first-order valence-electron chi connectivity index (χ1n) is 6.76. The summed E-state index contributed by atoms with van der Waals surface area (Å²) in [5.74, 6) is 0.862. The molecule has 1 saturated carbocycles. The lowest BCUT2D eigenvalue weighted by atomic mass is 9.84. The van der Waals surface area contributed by atoms with E-state index < -0.39 is 0 Å². The molecule has 1 aromatic heterocycles. The third-order valence-corrected chi connectivity index (χ3v) is 4.19. The van der Waals surface area contributed by atoms with Gasteiger partial charge in [0.1, 0.15) is 0 Å². The van der Waals surface area contributed by atoms with Crippen LogP contribution < -0.4 is 0 Å². The molecular weight excluding hydrogens is 230 g/mol. The van der Waals surface area contributed by atoms with Gasteiger partial charge in [-0.15, -0.1) is 0 Å². The van der Waals surface area contributed by atoms with Crippen LogP contribution in [-0.4, -0.2) is 38.8 Å². The van der Waals surface area contributed by atoms with Crippen LogP contribution in [0.25, 0.3) is 0 Å². The largest absolute Gasteiger partial charge is 0.505 e. The summed E-state index contributed by atoms with van der Waals surface area (Å²) in [6.07, 6.45) is 8.34. The van der Waals surface area contributed by atoms with Gasteiger partial charge in [-0.3, -0.25) is 9.48 Å². The first kappa shape index (κ1) is 11.6. The fraction of sp³-hybridized carbons (Fsp3) is 0.692. The number of piperidine rings is 1. The lowest BCUT2D eigenvalue weighted by molar-refractivity contribution is -0.139. The smallest absolute Gasteiger partial charge is 0.225 e. The minimum Gasteiger partial charge on any atom is -0.505 e. The summed E-state index contributed by atoms with van der Waals surface area (Å²) in [6, 6.07) is 0.316. The van der Waals surface area contributed by atoms with Crippen molar-refractivity contribution in [3.05, 3.63) is 12.4 Å². The fourth-order valence-corrected chi connectivity index (χ4v) is 2.79. The van der Waals surface area contributed by atoms with Crippen molar-refractivity contribution in [2.75, 3.05) is 13.1 Å². The SMILES string of the molecule is O=C(C1CCC1)N1CCC(n2cc(O)cn2)CC1. The van der Waals surface area contributed by atoms with Gasteiger partial charge in [0.25, 0.3) is 0 Å². The van der Waals surface area contributed by atoms with Crippen molar-refractivity contribution in [3.63, 3.8) is 0 Å². The number of nitrogens with zero attached hydrogens (tertiary/aromatic N) is 3. The second kappa shape index (κ2) is 4.63. The van der Waals surface area contributed by atoms with E-state index in [2.05, 4.69) is 5.10 Å². The Hall–Kier alpha value is -1.52. The van der Waals surface area contributed by atoms with Crippen molar-refractivity contribution in [2.24, 2.45) is 5.92 Å².